The molecule has 1 saturated heterocycles. The summed E-state index contributed by atoms with van der Waals surface area (Å²) in [6.45, 7) is 0.386. The van der Waals surface area contributed by atoms with Gasteiger partial charge < -0.3 is 20.1 Å². The lowest BCUT2D eigenvalue weighted by atomic mass is 10.2. The van der Waals surface area contributed by atoms with Crippen molar-refractivity contribution in [2.24, 2.45) is 4.99 Å². The number of nitrogens with zero attached hydrogens (tertiary/aromatic N) is 1. The quantitative estimate of drug-likeness (QED) is 0.747. The SMILES string of the molecule is COc1ccc(NC(=O)C[C@H]2SC(=NCc3ccccc3OC)NC2=O)cc1. The molecule has 1 fully saturated rings. The number of amidine groups is 1. The summed E-state index contributed by atoms with van der Waals surface area (Å²) in [6, 6.07) is 14.6. The number of hydrogen-bond acceptors (Lipinski definition) is 6. The molecule has 0 bridgehead atoms. The fourth-order valence-electron chi connectivity index (χ4n) is 2.66. The minimum Gasteiger partial charge on any atom is -0.497 e. The van der Waals surface area contributed by atoms with Gasteiger partial charge in [0, 0.05) is 17.7 Å². The van der Waals surface area contributed by atoms with E-state index in [9.17, 15) is 9.59 Å². The van der Waals surface area contributed by atoms with E-state index >= 15 is 0 Å². The lowest BCUT2D eigenvalue weighted by Gasteiger charge is -2.08. The molecule has 0 aromatic heterocycles. The van der Waals surface area contributed by atoms with Crippen LogP contribution in [0.2, 0.25) is 0 Å². The Morgan fingerprint density at radius 1 is 1.14 bits per heavy atom. The summed E-state index contributed by atoms with van der Waals surface area (Å²) >= 11 is 1.26. The standard InChI is InChI=1S/C20H21N3O4S/c1-26-15-9-7-14(8-10-15)22-18(24)11-17-19(25)23-20(28-17)21-12-13-5-3-4-6-16(13)27-2/h3-10,17H,11-12H2,1-2H3,(H,22,24)(H,21,23,25)/t17-/m1/s1. The first-order chi connectivity index (χ1) is 13.6. The highest BCUT2D eigenvalue weighted by molar-refractivity contribution is 8.15. The number of para-hydroxylation sites is 1. The third kappa shape index (κ3) is 5.04. The van der Waals surface area contributed by atoms with Crippen molar-refractivity contribution in [3.05, 3.63) is 54.1 Å². The summed E-state index contributed by atoms with van der Waals surface area (Å²) in [5.41, 5.74) is 1.58. The zero-order chi connectivity index (χ0) is 19.9. The molecule has 7 nitrogen and oxygen atoms in total. The van der Waals surface area contributed by atoms with Gasteiger partial charge in [0.25, 0.3) is 0 Å². The number of methoxy groups -OCH3 is 2. The van der Waals surface area contributed by atoms with Crippen molar-refractivity contribution >= 4 is 34.4 Å². The van der Waals surface area contributed by atoms with Crippen LogP contribution in [-0.4, -0.2) is 36.5 Å². The van der Waals surface area contributed by atoms with E-state index in [-0.39, 0.29) is 18.2 Å². The van der Waals surface area contributed by atoms with Gasteiger partial charge in [-0.3, -0.25) is 14.6 Å². The number of aliphatic imine (C=N–C) groups is 1. The molecule has 3 rings (SSSR count). The van der Waals surface area contributed by atoms with Crippen LogP contribution < -0.4 is 20.1 Å². The van der Waals surface area contributed by atoms with Crippen LogP contribution in [0, 0.1) is 0 Å². The first kappa shape index (κ1) is 19.8. The minimum atomic E-state index is -0.505. The van der Waals surface area contributed by atoms with Crippen molar-refractivity contribution in [2.75, 3.05) is 19.5 Å². The van der Waals surface area contributed by atoms with Gasteiger partial charge in [0.05, 0.1) is 20.8 Å². The fraction of sp³-hybridized carbons (Fsp3) is 0.250. The van der Waals surface area contributed by atoms with E-state index in [4.69, 9.17) is 9.47 Å². The van der Waals surface area contributed by atoms with E-state index in [2.05, 4.69) is 15.6 Å². The maximum absolute atomic E-state index is 12.2. The highest BCUT2D eigenvalue weighted by atomic mass is 32.2. The van der Waals surface area contributed by atoms with Gasteiger partial charge >= 0.3 is 0 Å². The number of nitrogens with one attached hydrogen (secondary N) is 2. The number of amides is 2. The lowest BCUT2D eigenvalue weighted by Crippen LogP contribution is -2.28. The second kappa shape index (κ2) is 9.27. The molecule has 2 amide bonds. The van der Waals surface area contributed by atoms with Crippen LogP contribution in [0.5, 0.6) is 11.5 Å². The number of hydrogen-bond donors (Lipinski definition) is 2. The van der Waals surface area contributed by atoms with Crippen LogP contribution in [-0.2, 0) is 16.1 Å². The van der Waals surface area contributed by atoms with E-state index in [1.165, 1.54) is 11.8 Å². The molecule has 0 spiro atoms. The van der Waals surface area contributed by atoms with Gasteiger partial charge in [0.1, 0.15) is 16.7 Å². The first-order valence-electron chi connectivity index (χ1n) is 8.67. The topological polar surface area (TPSA) is 89.0 Å². The summed E-state index contributed by atoms with van der Waals surface area (Å²) in [6.07, 6.45) is 0.0657. The Balaban J connectivity index is 1.55. The molecule has 2 aromatic rings. The van der Waals surface area contributed by atoms with Crippen LogP contribution in [0.15, 0.2) is 53.5 Å². The molecule has 2 aromatic carbocycles. The van der Waals surface area contributed by atoms with E-state index in [1.807, 2.05) is 24.3 Å². The monoisotopic (exact) mass is 399 g/mol. The Morgan fingerprint density at radius 3 is 2.61 bits per heavy atom. The molecule has 0 unspecified atom stereocenters. The highest BCUT2D eigenvalue weighted by Crippen LogP contribution is 2.25. The van der Waals surface area contributed by atoms with Gasteiger partial charge in [0.15, 0.2) is 5.17 Å². The molecule has 8 heteroatoms. The first-order valence-corrected chi connectivity index (χ1v) is 9.55. The van der Waals surface area contributed by atoms with Crippen LogP contribution in [0.25, 0.3) is 0 Å². The van der Waals surface area contributed by atoms with E-state index in [1.54, 1.807) is 38.5 Å². The summed E-state index contributed by atoms with van der Waals surface area (Å²) in [7, 11) is 3.19. The second-order valence-corrected chi connectivity index (χ2v) is 7.20. The molecule has 2 N–H and O–H groups in total. The maximum Gasteiger partial charge on any atom is 0.240 e. The van der Waals surface area contributed by atoms with Gasteiger partial charge in [-0.05, 0) is 30.3 Å². The van der Waals surface area contributed by atoms with Crippen LogP contribution in [0.1, 0.15) is 12.0 Å². The number of carbonyl (C=O) groups excluding carboxylic acids is 2. The van der Waals surface area contributed by atoms with Gasteiger partial charge in [-0.2, -0.15) is 0 Å². The lowest BCUT2D eigenvalue weighted by molar-refractivity contribution is -0.122. The number of benzene rings is 2. The second-order valence-electron chi connectivity index (χ2n) is 6.01. The molecule has 146 valence electrons. The van der Waals surface area contributed by atoms with Crippen molar-refractivity contribution in [3.63, 3.8) is 0 Å². The van der Waals surface area contributed by atoms with E-state index in [0.29, 0.717) is 23.1 Å². The third-order valence-electron chi connectivity index (χ3n) is 4.11. The van der Waals surface area contributed by atoms with Crippen LogP contribution in [0.4, 0.5) is 5.69 Å². The summed E-state index contributed by atoms with van der Waals surface area (Å²) in [5.74, 6) is 1.01. The van der Waals surface area contributed by atoms with Gasteiger partial charge in [-0.1, -0.05) is 30.0 Å². The van der Waals surface area contributed by atoms with Crippen LogP contribution >= 0.6 is 11.8 Å². The average molecular weight is 399 g/mol. The Bertz CT molecular complexity index is 883. The third-order valence-corrected chi connectivity index (χ3v) is 5.23. The van der Waals surface area contributed by atoms with Crippen LogP contribution in [0.3, 0.4) is 0 Å². The molecule has 0 aliphatic carbocycles. The minimum absolute atomic E-state index is 0.0657. The molecule has 1 aliphatic heterocycles. The number of anilines is 1. The summed E-state index contributed by atoms with van der Waals surface area (Å²) in [5, 5.41) is 5.52. The number of rotatable bonds is 7. The number of thioether (sulfide) groups is 1. The highest BCUT2D eigenvalue weighted by Gasteiger charge is 2.32. The predicted octanol–water partition coefficient (Wildman–Crippen LogP) is 2.82. The maximum atomic E-state index is 12.2. The smallest absolute Gasteiger partial charge is 0.240 e. The van der Waals surface area contributed by atoms with Crippen molar-refractivity contribution in [2.45, 2.75) is 18.2 Å². The molecule has 0 saturated carbocycles. The molecule has 1 heterocycles. The molecule has 1 aliphatic rings. The Labute approximate surface area is 167 Å². The Kier molecular flexibility index (Phi) is 6.54. The van der Waals surface area contributed by atoms with E-state index < -0.39 is 5.25 Å². The fourth-order valence-corrected chi connectivity index (χ4v) is 3.63. The molecule has 1 atom stereocenters. The summed E-state index contributed by atoms with van der Waals surface area (Å²) < 4.78 is 10.4. The Morgan fingerprint density at radius 2 is 1.89 bits per heavy atom. The normalized spacial score (nSPS) is 17.3. The van der Waals surface area contributed by atoms with Gasteiger partial charge in [0.2, 0.25) is 11.8 Å². The molecule has 0 radical (unpaired) electrons. The summed E-state index contributed by atoms with van der Waals surface area (Å²) in [4.78, 5) is 28.8. The van der Waals surface area contributed by atoms with Crippen molar-refractivity contribution < 1.29 is 19.1 Å². The zero-order valence-electron chi connectivity index (χ0n) is 15.6. The van der Waals surface area contributed by atoms with Crippen molar-refractivity contribution in [1.82, 2.24) is 5.32 Å². The molecular formula is C20H21N3O4S. The number of carbonyl (C=O) groups is 2. The van der Waals surface area contributed by atoms with Crippen molar-refractivity contribution in [1.29, 1.82) is 0 Å². The molecule has 28 heavy (non-hydrogen) atoms. The predicted molar refractivity (Wildman–Crippen MR) is 110 cm³/mol. The number of ether oxygens (including phenoxy) is 2. The van der Waals surface area contributed by atoms with Crippen molar-refractivity contribution in [3.8, 4) is 11.5 Å². The van der Waals surface area contributed by atoms with Gasteiger partial charge in [-0.15, -0.1) is 0 Å². The Hall–Kier alpha value is -3.00. The molecular weight excluding hydrogens is 378 g/mol. The zero-order valence-corrected chi connectivity index (χ0v) is 16.4. The largest absolute Gasteiger partial charge is 0.497 e. The van der Waals surface area contributed by atoms with E-state index in [0.717, 1.165) is 11.3 Å². The average Bonchev–Trinajstić information content (AvgIpc) is 3.06. The van der Waals surface area contributed by atoms with Gasteiger partial charge in [-0.25, -0.2) is 0 Å².